The lowest BCUT2D eigenvalue weighted by Crippen LogP contribution is -2.58. The van der Waals surface area contributed by atoms with Crippen LogP contribution in [-0.4, -0.2) is 91.4 Å². The Hall–Kier alpha value is -5.44. The predicted octanol–water partition coefficient (Wildman–Crippen LogP) is 5.55. The second-order valence-electron chi connectivity index (χ2n) is 16.2. The molecule has 3 fully saturated rings. The second-order valence-corrected chi connectivity index (χ2v) is 18.2. The molecule has 2 saturated carbocycles. The molecule has 3 aromatic rings. The highest BCUT2D eigenvalue weighted by atomic mass is 32.2. The minimum Gasteiger partial charge on any atom is -0.496 e. The van der Waals surface area contributed by atoms with Gasteiger partial charge in [-0.3, -0.25) is 19.1 Å². The number of rotatable bonds is 5. The van der Waals surface area contributed by atoms with Gasteiger partial charge in [-0.1, -0.05) is 67.5 Å². The van der Waals surface area contributed by atoms with E-state index in [4.69, 9.17) is 19.2 Å². The quantitative estimate of drug-likeness (QED) is 0.276. The molecule has 8 rings (SSSR count). The SMILES string of the molecule is COc1cc2nc(-c3ccccc3)cc3c2cc1/C=C/CCCCOC(=O)N[C@H]1CCCCC/C=C\[C@H]2C[C@@]2(C(=O)NS(=O)(=O)C2CC2)NC(=O)[C@@H]2C[C@H](CN2C1=O)O3. The Morgan fingerprint density at radius 1 is 0.983 bits per heavy atom. The zero-order valence-electron chi connectivity index (χ0n) is 33.2. The number of cyclic esters (lactones) is 1. The highest BCUT2D eigenvalue weighted by Crippen LogP contribution is 2.46. The van der Waals surface area contributed by atoms with E-state index in [0.29, 0.717) is 66.6 Å². The number of fused-ring (bicyclic) bond motifs is 4. The number of nitrogens with one attached hydrogen (secondary N) is 3. The molecular weight excluding hydrogens is 775 g/mol. The van der Waals surface area contributed by atoms with Gasteiger partial charge in [-0.15, -0.1) is 0 Å². The topological polar surface area (TPSA) is 182 Å². The lowest BCUT2D eigenvalue weighted by Gasteiger charge is -2.29. The molecule has 5 aliphatic rings. The van der Waals surface area contributed by atoms with Crippen LogP contribution in [0, 0.1) is 5.92 Å². The van der Waals surface area contributed by atoms with Crippen LogP contribution in [0.1, 0.15) is 82.6 Å². The molecule has 5 bridgehead atoms. The molecule has 14 nitrogen and oxygen atoms in total. The molecular formula is C44H51N5O9S. The minimum absolute atomic E-state index is 0.00383. The third kappa shape index (κ3) is 8.94. The molecule has 3 N–H and O–H groups in total. The maximum absolute atomic E-state index is 14.7. The predicted molar refractivity (Wildman–Crippen MR) is 221 cm³/mol. The van der Waals surface area contributed by atoms with E-state index in [9.17, 15) is 27.6 Å². The van der Waals surface area contributed by atoms with E-state index < -0.39 is 68.7 Å². The van der Waals surface area contributed by atoms with Gasteiger partial charge in [-0.2, -0.15) is 0 Å². The Labute approximate surface area is 344 Å². The van der Waals surface area contributed by atoms with Crippen molar-refractivity contribution < 1.29 is 41.8 Å². The molecule has 3 aliphatic heterocycles. The summed E-state index contributed by atoms with van der Waals surface area (Å²) in [6.07, 6.45) is 13.0. The van der Waals surface area contributed by atoms with E-state index in [2.05, 4.69) is 15.4 Å². The molecule has 59 heavy (non-hydrogen) atoms. The average Bonchev–Trinajstić information content (AvgIpc) is 4.15. The number of alkyl carbamates (subject to hydrolysis) is 1. The van der Waals surface area contributed by atoms with E-state index in [0.717, 1.165) is 36.8 Å². The number of allylic oxidation sites excluding steroid dienone is 2. The molecule has 4 amide bonds. The van der Waals surface area contributed by atoms with E-state index >= 15 is 0 Å². The van der Waals surface area contributed by atoms with Crippen LogP contribution in [0.25, 0.3) is 28.2 Å². The lowest BCUT2D eigenvalue weighted by atomic mass is 10.0. The van der Waals surface area contributed by atoms with Crippen molar-refractivity contribution >= 4 is 50.8 Å². The van der Waals surface area contributed by atoms with E-state index in [-0.39, 0.29) is 26.0 Å². The summed E-state index contributed by atoms with van der Waals surface area (Å²) in [4.78, 5) is 62.7. The summed E-state index contributed by atoms with van der Waals surface area (Å²) < 4.78 is 46.3. The van der Waals surface area contributed by atoms with Gasteiger partial charge in [-0.25, -0.2) is 18.2 Å². The first kappa shape index (κ1) is 40.3. The van der Waals surface area contributed by atoms with Crippen LogP contribution in [0.3, 0.4) is 0 Å². The van der Waals surface area contributed by atoms with Crippen LogP contribution >= 0.6 is 0 Å². The van der Waals surface area contributed by atoms with Crippen molar-refractivity contribution in [2.45, 2.75) is 106 Å². The number of hydrogen-bond acceptors (Lipinski definition) is 10. The number of pyridine rings is 1. The van der Waals surface area contributed by atoms with Crippen molar-refractivity contribution in [2.75, 3.05) is 20.3 Å². The standard InChI is InChI=1S/C44H51N5O9S/c1-56-38-25-36-33-22-29(38)16-8-5-6-13-21-57-43(53)46-34-18-12-4-2-3-11-17-30-26-44(30,42(52)48-59(54,55)32-19-20-32)47-40(50)37-23-31(27-49(37)41(34)51)58-39(33)24-35(45-36)28-14-9-7-10-15-28/h7-11,14-17,22,24-25,30-32,34,37H,2-6,12-13,18-21,23,26-27H2,1H3,(H,46,53)(H,47,50)(H,48,52)/b16-8+,17-11-/t30-,31+,34-,37-,44+/m0/s1. The molecule has 5 atom stereocenters. The van der Waals surface area contributed by atoms with Crippen LogP contribution in [0.4, 0.5) is 4.79 Å². The molecule has 0 spiro atoms. The number of benzene rings is 2. The second kappa shape index (κ2) is 17.0. The first-order chi connectivity index (χ1) is 28.5. The third-order valence-electron chi connectivity index (χ3n) is 11.9. The van der Waals surface area contributed by atoms with Gasteiger partial charge >= 0.3 is 6.09 Å². The van der Waals surface area contributed by atoms with Gasteiger partial charge in [0.1, 0.15) is 35.2 Å². The van der Waals surface area contributed by atoms with E-state index in [1.165, 1.54) is 4.90 Å². The van der Waals surface area contributed by atoms with Crippen molar-refractivity contribution in [1.82, 2.24) is 25.2 Å². The molecule has 2 aliphatic carbocycles. The Morgan fingerprint density at radius 2 is 1.78 bits per heavy atom. The summed E-state index contributed by atoms with van der Waals surface area (Å²) >= 11 is 0. The Bertz CT molecular complexity index is 2280. The molecule has 1 saturated heterocycles. The number of hydrogen-bond donors (Lipinski definition) is 3. The van der Waals surface area contributed by atoms with Crippen LogP contribution in [-0.2, 0) is 29.1 Å². The molecule has 4 heterocycles. The van der Waals surface area contributed by atoms with Crippen LogP contribution in [0.2, 0.25) is 0 Å². The number of nitrogens with zero attached hydrogens (tertiary/aromatic N) is 2. The van der Waals surface area contributed by atoms with Crippen LogP contribution < -0.4 is 24.8 Å². The molecule has 2 aromatic carbocycles. The first-order valence-corrected chi connectivity index (χ1v) is 22.3. The van der Waals surface area contributed by atoms with Crippen LogP contribution in [0.15, 0.2) is 66.8 Å². The molecule has 1 aromatic heterocycles. The highest BCUT2D eigenvalue weighted by molar-refractivity contribution is 7.91. The lowest BCUT2D eigenvalue weighted by molar-refractivity contribution is -0.141. The van der Waals surface area contributed by atoms with Crippen molar-refractivity contribution in [3.63, 3.8) is 0 Å². The zero-order valence-corrected chi connectivity index (χ0v) is 34.0. The number of ether oxygens (including phenoxy) is 3. The van der Waals surface area contributed by atoms with Gasteiger partial charge in [0.2, 0.25) is 21.8 Å². The van der Waals surface area contributed by atoms with Gasteiger partial charge in [0, 0.05) is 41.0 Å². The fourth-order valence-electron chi connectivity index (χ4n) is 8.35. The van der Waals surface area contributed by atoms with Crippen molar-refractivity contribution in [1.29, 1.82) is 0 Å². The summed E-state index contributed by atoms with van der Waals surface area (Å²) in [6.45, 7) is 0.160. The van der Waals surface area contributed by atoms with E-state index in [1.54, 1.807) is 7.11 Å². The monoisotopic (exact) mass is 825 g/mol. The average molecular weight is 826 g/mol. The Balaban J connectivity index is 1.18. The summed E-state index contributed by atoms with van der Waals surface area (Å²) in [5, 5.41) is 5.80. The smallest absolute Gasteiger partial charge is 0.407 e. The largest absolute Gasteiger partial charge is 0.496 e. The van der Waals surface area contributed by atoms with Gasteiger partial charge in [0.05, 0.1) is 36.7 Å². The Kier molecular flexibility index (Phi) is 11.7. The van der Waals surface area contributed by atoms with Crippen molar-refractivity contribution in [2.24, 2.45) is 5.92 Å². The van der Waals surface area contributed by atoms with Gasteiger partial charge in [-0.05, 0) is 63.9 Å². The maximum atomic E-state index is 14.7. The summed E-state index contributed by atoms with van der Waals surface area (Å²) in [5.41, 5.74) is 1.45. The summed E-state index contributed by atoms with van der Waals surface area (Å²) in [7, 11) is -2.30. The summed E-state index contributed by atoms with van der Waals surface area (Å²) in [5.74, 6) is -1.18. The fraction of sp³-hybridized carbons (Fsp3) is 0.477. The highest BCUT2D eigenvalue weighted by Gasteiger charge is 2.62. The molecule has 0 radical (unpaired) electrons. The number of sulfonamides is 1. The third-order valence-corrected chi connectivity index (χ3v) is 13.7. The minimum atomic E-state index is -3.90. The van der Waals surface area contributed by atoms with Gasteiger partial charge < -0.3 is 29.7 Å². The van der Waals surface area contributed by atoms with E-state index in [1.807, 2.05) is 72.8 Å². The molecule has 15 heteroatoms. The fourth-order valence-corrected chi connectivity index (χ4v) is 9.72. The first-order valence-electron chi connectivity index (χ1n) is 20.7. The normalized spacial score (nSPS) is 27.9. The number of amides is 4. The van der Waals surface area contributed by atoms with Crippen molar-refractivity contribution in [3.8, 4) is 22.8 Å². The van der Waals surface area contributed by atoms with Crippen LogP contribution in [0.5, 0.6) is 11.5 Å². The Morgan fingerprint density at radius 3 is 2.58 bits per heavy atom. The van der Waals surface area contributed by atoms with Crippen molar-refractivity contribution in [3.05, 3.63) is 72.3 Å². The number of carbonyl (C=O) groups excluding carboxylic acids is 4. The summed E-state index contributed by atoms with van der Waals surface area (Å²) in [6, 6.07) is 13.3. The number of carbonyl (C=O) groups is 4. The number of methoxy groups -OCH3 is 1. The molecule has 0 unspecified atom stereocenters. The molecule has 312 valence electrons. The maximum Gasteiger partial charge on any atom is 0.407 e. The number of aromatic nitrogens is 1. The van der Waals surface area contributed by atoms with Gasteiger partial charge in [0.15, 0.2) is 0 Å². The van der Waals surface area contributed by atoms with Gasteiger partial charge in [0.25, 0.3) is 5.91 Å². The zero-order chi connectivity index (χ0) is 41.1.